The van der Waals surface area contributed by atoms with Crippen LogP contribution in [0.5, 0.6) is 0 Å². The van der Waals surface area contributed by atoms with E-state index in [9.17, 15) is 9.59 Å². The van der Waals surface area contributed by atoms with E-state index in [1.54, 1.807) is 31.3 Å². The van der Waals surface area contributed by atoms with Gasteiger partial charge in [-0.3, -0.25) is 9.59 Å². The smallest absolute Gasteiger partial charge is 0.267 e. The largest absolute Gasteiger partial charge is 0.354 e. The minimum Gasteiger partial charge on any atom is -0.354 e. The maximum absolute atomic E-state index is 12.7. The lowest BCUT2D eigenvalue weighted by Crippen LogP contribution is -2.50. The molecule has 0 atom stereocenters. The van der Waals surface area contributed by atoms with Gasteiger partial charge in [-0.15, -0.1) is 11.3 Å². The number of aromatic nitrogens is 2. The molecule has 3 aromatic rings. The van der Waals surface area contributed by atoms with E-state index in [0.29, 0.717) is 12.2 Å². The Labute approximate surface area is 156 Å². The summed E-state index contributed by atoms with van der Waals surface area (Å²) in [6.07, 6.45) is 0.736. The van der Waals surface area contributed by atoms with Gasteiger partial charge in [0.1, 0.15) is 11.2 Å². The lowest BCUT2D eigenvalue weighted by Gasteiger charge is -2.25. The number of nitrogens with one attached hydrogen (secondary N) is 1. The van der Waals surface area contributed by atoms with Crippen molar-refractivity contribution in [2.24, 2.45) is 0 Å². The van der Waals surface area contributed by atoms with E-state index < -0.39 is 5.54 Å². The second-order valence-electron chi connectivity index (χ2n) is 6.50. The molecule has 0 fully saturated rings. The highest BCUT2D eigenvalue weighted by Gasteiger charge is 2.32. The highest BCUT2D eigenvalue weighted by atomic mass is 32.1. The van der Waals surface area contributed by atoms with Gasteiger partial charge in [0, 0.05) is 12.6 Å². The van der Waals surface area contributed by atoms with Crippen LogP contribution in [0.4, 0.5) is 0 Å². The van der Waals surface area contributed by atoms with Gasteiger partial charge in [-0.05, 0) is 43.3 Å². The van der Waals surface area contributed by atoms with Crippen molar-refractivity contribution in [3.05, 3.63) is 75.9 Å². The van der Waals surface area contributed by atoms with Gasteiger partial charge in [0.05, 0.1) is 4.88 Å². The number of hydrogen-bond acceptors (Lipinski definition) is 4. The van der Waals surface area contributed by atoms with Crippen LogP contribution in [0.2, 0.25) is 0 Å². The fraction of sp³-hybridized carbons (Fsp3) is 0.250. The Bertz CT molecular complexity index is 931. The molecule has 0 spiro atoms. The summed E-state index contributed by atoms with van der Waals surface area (Å²) in [6.45, 7) is 3.92. The molecule has 1 N–H and O–H groups in total. The molecule has 1 amide bonds. The zero-order valence-electron chi connectivity index (χ0n) is 14.8. The summed E-state index contributed by atoms with van der Waals surface area (Å²) in [7, 11) is 0. The molecule has 2 aromatic heterocycles. The van der Waals surface area contributed by atoms with Crippen LogP contribution in [0, 0.1) is 0 Å². The van der Waals surface area contributed by atoms with Crippen LogP contribution in [0.25, 0.3) is 10.6 Å². The monoisotopic (exact) mass is 367 g/mol. The van der Waals surface area contributed by atoms with E-state index >= 15 is 0 Å². The minimum atomic E-state index is -1.08. The van der Waals surface area contributed by atoms with Crippen LogP contribution >= 0.6 is 11.3 Å². The van der Waals surface area contributed by atoms with Gasteiger partial charge < -0.3 is 5.32 Å². The maximum Gasteiger partial charge on any atom is 0.267 e. The Balaban J connectivity index is 1.75. The van der Waals surface area contributed by atoms with Gasteiger partial charge in [0.25, 0.3) is 5.56 Å². The number of carbonyl (C=O) groups is 1. The maximum atomic E-state index is 12.7. The van der Waals surface area contributed by atoms with Crippen molar-refractivity contribution in [3.8, 4) is 10.6 Å². The Morgan fingerprint density at radius 2 is 1.88 bits per heavy atom. The predicted molar refractivity (Wildman–Crippen MR) is 104 cm³/mol. The number of thiophene rings is 1. The van der Waals surface area contributed by atoms with Crippen molar-refractivity contribution >= 4 is 17.2 Å². The normalized spacial score (nSPS) is 11.3. The molecule has 1 aromatic carbocycles. The molecule has 0 radical (unpaired) electrons. The van der Waals surface area contributed by atoms with Crippen molar-refractivity contribution < 1.29 is 4.79 Å². The number of amides is 1. The van der Waals surface area contributed by atoms with Crippen LogP contribution in [0.3, 0.4) is 0 Å². The Hall–Kier alpha value is -2.73. The number of nitrogens with zero attached hydrogens (tertiary/aromatic N) is 2. The number of rotatable bonds is 6. The zero-order valence-corrected chi connectivity index (χ0v) is 15.6. The van der Waals surface area contributed by atoms with Crippen LogP contribution in [0.15, 0.2) is 64.8 Å². The van der Waals surface area contributed by atoms with Gasteiger partial charge in [0.15, 0.2) is 0 Å². The molecule has 26 heavy (non-hydrogen) atoms. The summed E-state index contributed by atoms with van der Waals surface area (Å²) in [4.78, 5) is 26.0. The van der Waals surface area contributed by atoms with Crippen molar-refractivity contribution in [1.82, 2.24) is 15.1 Å². The van der Waals surface area contributed by atoms with Gasteiger partial charge in [0.2, 0.25) is 5.91 Å². The highest BCUT2D eigenvalue weighted by Crippen LogP contribution is 2.22. The van der Waals surface area contributed by atoms with E-state index in [0.717, 1.165) is 16.9 Å². The summed E-state index contributed by atoms with van der Waals surface area (Å²) in [6, 6.07) is 17.0. The van der Waals surface area contributed by atoms with E-state index in [1.165, 1.54) is 10.7 Å². The van der Waals surface area contributed by atoms with Crippen molar-refractivity contribution in [2.45, 2.75) is 25.8 Å². The van der Waals surface area contributed by atoms with E-state index in [-0.39, 0.29) is 11.5 Å². The third-order valence-corrected chi connectivity index (χ3v) is 5.09. The van der Waals surface area contributed by atoms with Crippen LogP contribution in [-0.4, -0.2) is 22.2 Å². The molecule has 0 unspecified atom stereocenters. The van der Waals surface area contributed by atoms with Crippen LogP contribution < -0.4 is 10.9 Å². The lowest BCUT2D eigenvalue weighted by atomic mass is 10.0. The average Bonchev–Trinajstić information content (AvgIpc) is 3.17. The zero-order chi connectivity index (χ0) is 18.6. The van der Waals surface area contributed by atoms with Gasteiger partial charge in [-0.25, -0.2) is 4.68 Å². The molecule has 0 aliphatic heterocycles. The number of carbonyl (C=O) groups excluding carboxylic acids is 1. The van der Waals surface area contributed by atoms with Crippen LogP contribution in [0.1, 0.15) is 19.4 Å². The Morgan fingerprint density at radius 1 is 1.12 bits per heavy atom. The lowest BCUT2D eigenvalue weighted by molar-refractivity contribution is -0.128. The van der Waals surface area contributed by atoms with Crippen molar-refractivity contribution in [3.63, 3.8) is 0 Å². The third kappa shape index (κ3) is 3.91. The van der Waals surface area contributed by atoms with E-state index in [2.05, 4.69) is 10.4 Å². The Kier molecular flexibility index (Phi) is 5.32. The molecular formula is C20H21N3O2S. The topological polar surface area (TPSA) is 64.0 Å². The number of benzene rings is 1. The molecule has 0 aliphatic rings. The SMILES string of the molecule is CC(C)(C(=O)NCCc1ccccc1)n1nc(-c2cccs2)ccc1=O. The third-order valence-electron chi connectivity index (χ3n) is 4.20. The van der Waals surface area contributed by atoms with Crippen LogP contribution in [-0.2, 0) is 16.8 Å². The summed E-state index contributed by atoms with van der Waals surface area (Å²) in [5, 5.41) is 9.30. The summed E-state index contributed by atoms with van der Waals surface area (Å²) >= 11 is 1.54. The predicted octanol–water partition coefficient (Wildman–Crippen LogP) is 3.07. The highest BCUT2D eigenvalue weighted by molar-refractivity contribution is 7.13. The molecule has 3 rings (SSSR count). The first-order chi connectivity index (χ1) is 12.5. The van der Waals surface area contributed by atoms with Crippen molar-refractivity contribution in [2.75, 3.05) is 6.54 Å². The fourth-order valence-electron chi connectivity index (χ4n) is 2.64. The molecule has 6 heteroatoms. The van der Waals surface area contributed by atoms with Crippen molar-refractivity contribution in [1.29, 1.82) is 0 Å². The molecular weight excluding hydrogens is 346 g/mol. The number of hydrogen-bond donors (Lipinski definition) is 1. The van der Waals surface area contributed by atoms with Gasteiger partial charge >= 0.3 is 0 Å². The second-order valence-corrected chi connectivity index (χ2v) is 7.44. The second kappa shape index (κ2) is 7.66. The summed E-state index contributed by atoms with van der Waals surface area (Å²) in [5.41, 5.74) is 0.458. The summed E-state index contributed by atoms with van der Waals surface area (Å²) in [5.74, 6) is -0.230. The molecule has 0 saturated carbocycles. The molecule has 5 nitrogen and oxygen atoms in total. The van der Waals surface area contributed by atoms with E-state index in [1.807, 2.05) is 47.8 Å². The molecule has 134 valence electrons. The fourth-order valence-corrected chi connectivity index (χ4v) is 3.34. The molecule has 0 saturated heterocycles. The first kappa shape index (κ1) is 18.1. The molecule has 0 aliphatic carbocycles. The quantitative estimate of drug-likeness (QED) is 0.728. The van der Waals surface area contributed by atoms with Gasteiger partial charge in [-0.1, -0.05) is 36.4 Å². The first-order valence-corrected chi connectivity index (χ1v) is 9.33. The average molecular weight is 367 g/mol. The van der Waals surface area contributed by atoms with Gasteiger partial charge in [-0.2, -0.15) is 5.10 Å². The molecule has 2 heterocycles. The Morgan fingerprint density at radius 3 is 2.58 bits per heavy atom. The first-order valence-electron chi connectivity index (χ1n) is 8.45. The standard InChI is InChI=1S/C20H21N3O2S/c1-20(2,19(25)21-13-12-15-7-4-3-5-8-15)23-18(24)11-10-16(22-23)17-9-6-14-26-17/h3-11,14H,12-13H2,1-2H3,(H,21,25). The summed E-state index contributed by atoms with van der Waals surface area (Å²) < 4.78 is 1.26. The minimum absolute atomic E-state index is 0.230. The van der Waals surface area contributed by atoms with E-state index in [4.69, 9.17) is 0 Å². The molecule has 0 bridgehead atoms.